The van der Waals surface area contributed by atoms with E-state index >= 15 is 0 Å². The molecule has 0 heterocycles. The summed E-state index contributed by atoms with van der Waals surface area (Å²) in [6, 6.07) is 0. The molecule has 0 aromatic heterocycles. The van der Waals surface area contributed by atoms with Crippen LogP contribution in [0.25, 0.3) is 0 Å². The van der Waals surface area contributed by atoms with Crippen LogP contribution in [0.5, 0.6) is 0 Å². The van der Waals surface area contributed by atoms with Crippen LogP contribution in [0.4, 0.5) is 0 Å². The summed E-state index contributed by atoms with van der Waals surface area (Å²) in [5.74, 6) is 0.555. The molecule has 0 unspecified atom stereocenters. The first-order valence-electron chi connectivity index (χ1n) is 6.33. The summed E-state index contributed by atoms with van der Waals surface area (Å²) in [7, 11) is 4.14. The van der Waals surface area contributed by atoms with Crippen LogP contribution in [-0.4, -0.2) is 38.0 Å². The highest BCUT2D eigenvalue weighted by Gasteiger charge is 2.25. The smallest absolute Gasteiger partial charge is 0.223 e. The highest BCUT2D eigenvalue weighted by Crippen LogP contribution is 2.25. The Balaban J connectivity index is 2.29. The van der Waals surface area contributed by atoms with E-state index in [2.05, 4.69) is 38.2 Å². The standard InChI is InChI=1S/C13H26N2O/c1-13(2,10-15(3)4)9-14-12(16)11-7-5-6-8-11/h11H,5-10H2,1-4H3,(H,14,16). The molecule has 0 spiro atoms. The third-order valence-corrected chi connectivity index (χ3v) is 3.21. The molecule has 0 radical (unpaired) electrons. The van der Waals surface area contributed by atoms with Crippen molar-refractivity contribution >= 4 is 5.91 Å². The van der Waals surface area contributed by atoms with Crippen LogP contribution in [0.2, 0.25) is 0 Å². The predicted molar refractivity (Wildman–Crippen MR) is 67.3 cm³/mol. The molecule has 1 N–H and O–H groups in total. The third-order valence-electron chi connectivity index (χ3n) is 3.21. The number of hydrogen-bond donors (Lipinski definition) is 1. The fraction of sp³-hybridized carbons (Fsp3) is 0.923. The Morgan fingerprint density at radius 3 is 2.38 bits per heavy atom. The molecule has 3 nitrogen and oxygen atoms in total. The molecule has 94 valence electrons. The van der Waals surface area contributed by atoms with E-state index in [-0.39, 0.29) is 17.2 Å². The second-order valence-corrected chi connectivity index (χ2v) is 6.10. The Morgan fingerprint density at radius 1 is 1.31 bits per heavy atom. The molecule has 0 aromatic rings. The Hall–Kier alpha value is -0.570. The minimum Gasteiger partial charge on any atom is -0.355 e. The molecular weight excluding hydrogens is 200 g/mol. The van der Waals surface area contributed by atoms with E-state index in [1.54, 1.807) is 0 Å². The van der Waals surface area contributed by atoms with E-state index in [4.69, 9.17) is 0 Å². The second kappa shape index (κ2) is 5.67. The van der Waals surface area contributed by atoms with Crippen molar-refractivity contribution in [2.75, 3.05) is 27.2 Å². The van der Waals surface area contributed by atoms with Crippen LogP contribution in [0.1, 0.15) is 39.5 Å². The molecule has 0 aromatic carbocycles. The van der Waals surface area contributed by atoms with Gasteiger partial charge in [0.15, 0.2) is 0 Å². The molecule has 1 aliphatic rings. The lowest BCUT2D eigenvalue weighted by atomic mass is 9.92. The molecule has 1 amide bonds. The lowest BCUT2D eigenvalue weighted by Crippen LogP contribution is -2.41. The number of carbonyl (C=O) groups is 1. The number of nitrogens with one attached hydrogen (secondary N) is 1. The van der Waals surface area contributed by atoms with Gasteiger partial charge in [-0.1, -0.05) is 26.7 Å². The topological polar surface area (TPSA) is 32.3 Å². The zero-order valence-corrected chi connectivity index (χ0v) is 11.2. The fourth-order valence-electron chi connectivity index (χ4n) is 2.57. The maximum Gasteiger partial charge on any atom is 0.223 e. The molecule has 1 saturated carbocycles. The minimum absolute atomic E-state index is 0.151. The van der Waals surface area contributed by atoms with E-state index < -0.39 is 0 Å². The number of rotatable bonds is 5. The molecule has 0 bridgehead atoms. The van der Waals surface area contributed by atoms with E-state index in [9.17, 15) is 4.79 Å². The van der Waals surface area contributed by atoms with Gasteiger partial charge in [-0.15, -0.1) is 0 Å². The van der Waals surface area contributed by atoms with Crippen LogP contribution in [0.3, 0.4) is 0 Å². The van der Waals surface area contributed by atoms with Crippen LogP contribution in [0.15, 0.2) is 0 Å². The Bertz CT molecular complexity index is 230. The number of carbonyl (C=O) groups excluding carboxylic acids is 1. The van der Waals surface area contributed by atoms with Crippen LogP contribution in [0, 0.1) is 11.3 Å². The Morgan fingerprint density at radius 2 is 1.88 bits per heavy atom. The van der Waals surface area contributed by atoms with Crippen molar-refractivity contribution < 1.29 is 4.79 Å². The molecule has 1 aliphatic carbocycles. The summed E-state index contributed by atoms with van der Waals surface area (Å²) < 4.78 is 0. The average Bonchev–Trinajstić information content (AvgIpc) is 2.64. The zero-order chi connectivity index (χ0) is 12.2. The summed E-state index contributed by atoms with van der Waals surface area (Å²) in [6.45, 7) is 6.17. The van der Waals surface area contributed by atoms with Gasteiger partial charge in [0.05, 0.1) is 0 Å². The number of nitrogens with zero attached hydrogens (tertiary/aromatic N) is 1. The van der Waals surface area contributed by atoms with Crippen molar-refractivity contribution in [2.24, 2.45) is 11.3 Å². The van der Waals surface area contributed by atoms with Crippen LogP contribution in [-0.2, 0) is 4.79 Å². The number of amides is 1. The van der Waals surface area contributed by atoms with Gasteiger partial charge in [0.25, 0.3) is 0 Å². The minimum atomic E-state index is 0.151. The quantitative estimate of drug-likeness (QED) is 0.776. The third kappa shape index (κ3) is 4.52. The van der Waals surface area contributed by atoms with Gasteiger partial charge in [-0.25, -0.2) is 0 Å². The first-order chi connectivity index (χ1) is 7.41. The molecule has 0 aliphatic heterocycles. The predicted octanol–water partition coefficient (Wildman–Crippen LogP) is 1.88. The second-order valence-electron chi connectivity index (χ2n) is 6.10. The lowest BCUT2D eigenvalue weighted by molar-refractivity contribution is -0.125. The molecule has 1 rings (SSSR count). The van der Waals surface area contributed by atoms with Gasteiger partial charge < -0.3 is 10.2 Å². The summed E-state index contributed by atoms with van der Waals surface area (Å²) in [6.07, 6.45) is 4.61. The highest BCUT2D eigenvalue weighted by atomic mass is 16.1. The Kier molecular flexibility index (Phi) is 4.78. The van der Waals surface area contributed by atoms with E-state index in [1.165, 1.54) is 12.8 Å². The summed E-state index contributed by atoms with van der Waals surface area (Å²) in [5, 5.41) is 3.10. The molecule has 3 heteroatoms. The van der Waals surface area contributed by atoms with Crippen molar-refractivity contribution in [1.29, 1.82) is 0 Å². The van der Waals surface area contributed by atoms with Gasteiger partial charge in [0, 0.05) is 19.0 Å². The maximum absolute atomic E-state index is 11.9. The zero-order valence-electron chi connectivity index (χ0n) is 11.2. The van der Waals surface area contributed by atoms with Crippen molar-refractivity contribution in [3.8, 4) is 0 Å². The van der Waals surface area contributed by atoms with E-state index in [0.717, 1.165) is 25.9 Å². The summed E-state index contributed by atoms with van der Waals surface area (Å²) >= 11 is 0. The molecule has 0 saturated heterocycles. The van der Waals surface area contributed by atoms with Gasteiger partial charge in [-0.3, -0.25) is 4.79 Å². The van der Waals surface area contributed by atoms with Crippen LogP contribution < -0.4 is 5.32 Å². The van der Waals surface area contributed by atoms with Crippen molar-refractivity contribution in [3.63, 3.8) is 0 Å². The largest absolute Gasteiger partial charge is 0.355 e. The monoisotopic (exact) mass is 226 g/mol. The average molecular weight is 226 g/mol. The van der Waals surface area contributed by atoms with Crippen molar-refractivity contribution in [3.05, 3.63) is 0 Å². The van der Waals surface area contributed by atoms with E-state index in [0.29, 0.717) is 0 Å². The molecule has 0 atom stereocenters. The van der Waals surface area contributed by atoms with Gasteiger partial charge >= 0.3 is 0 Å². The van der Waals surface area contributed by atoms with Gasteiger partial charge in [0.2, 0.25) is 5.91 Å². The normalized spacial score (nSPS) is 18.1. The van der Waals surface area contributed by atoms with Crippen molar-refractivity contribution in [2.45, 2.75) is 39.5 Å². The first-order valence-corrected chi connectivity index (χ1v) is 6.33. The maximum atomic E-state index is 11.9. The van der Waals surface area contributed by atoms with Gasteiger partial charge in [-0.2, -0.15) is 0 Å². The first kappa shape index (κ1) is 13.5. The lowest BCUT2D eigenvalue weighted by Gasteiger charge is -2.29. The number of hydrogen-bond acceptors (Lipinski definition) is 2. The van der Waals surface area contributed by atoms with Crippen LogP contribution >= 0.6 is 0 Å². The van der Waals surface area contributed by atoms with Gasteiger partial charge in [0.1, 0.15) is 0 Å². The molecule has 16 heavy (non-hydrogen) atoms. The SMILES string of the molecule is CN(C)CC(C)(C)CNC(=O)C1CCCC1. The fourth-order valence-corrected chi connectivity index (χ4v) is 2.57. The molecule has 1 fully saturated rings. The Labute approximate surface area is 99.6 Å². The summed E-state index contributed by atoms with van der Waals surface area (Å²) in [5.41, 5.74) is 0.151. The van der Waals surface area contributed by atoms with E-state index in [1.807, 2.05) is 0 Å². The molecular formula is C13H26N2O. The summed E-state index contributed by atoms with van der Waals surface area (Å²) in [4.78, 5) is 14.0. The van der Waals surface area contributed by atoms with Crippen molar-refractivity contribution in [1.82, 2.24) is 10.2 Å². The highest BCUT2D eigenvalue weighted by molar-refractivity contribution is 5.78. The van der Waals surface area contributed by atoms with Gasteiger partial charge in [-0.05, 0) is 32.4 Å².